The van der Waals surface area contributed by atoms with Crippen LogP contribution in [0, 0.1) is 5.92 Å². The molecule has 1 heteroatoms. The van der Waals surface area contributed by atoms with Crippen molar-refractivity contribution >= 4 is 0 Å². The Labute approximate surface area is 129 Å². The molecule has 2 aromatic rings. The van der Waals surface area contributed by atoms with Crippen molar-refractivity contribution in [1.29, 1.82) is 0 Å². The molecule has 0 fully saturated rings. The molecule has 1 aromatic heterocycles. The lowest BCUT2D eigenvalue weighted by Gasteiger charge is -2.08. The fourth-order valence-electron chi connectivity index (χ4n) is 2.83. The second-order valence-corrected chi connectivity index (χ2v) is 6.12. The average Bonchev–Trinajstić information content (AvgIpc) is 2.53. The highest BCUT2D eigenvalue weighted by atomic mass is 14.9. The van der Waals surface area contributed by atoms with Crippen LogP contribution in [0.1, 0.15) is 44.6 Å². The van der Waals surface area contributed by atoms with Crippen LogP contribution in [0.25, 0.3) is 0 Å². The van der Waals surface area contributed by atoms with Gasteiger partial charge in [-0.2, -0.15) is 0 Å². The minimum atomic E-state index is 0.770. The second kappa shape index (κ2) is 9.33. The number of aryl methyl sites for hydroxylation is 1. The number of hydrogen-bond acceptors (Lipinski definition) is 0. The molecule has 1 atom stereocenters. The van der Waals surface area contributed by atoms with E-state index in [2.05, 4.69) is 72.4 Å². The van der Waals surface area contributed by atoms with Crippen LogP contribution in [-0.4, -0.2) is 0 Å². The normalized spacial score (nSPS) is 12.2. The van der Waals surface area contributed by atoms with E-state index in [9.17, 15) is 0 Å². The van der Waals surface area contributed by atoms with E-state index in [4.69, 9.17) is 0 Å². The zero-order valence-electron chi connectivity index (χ0n) is 13.2. The quantitative estimate of drug-likeness (QED) is 0.459. The van der Waals surface area contributed by atoms with Gasteiger partial charge in [0, 0.05) is 18.1 Å². The summed E-state index contributed by atoms with van der Waals surface area (Å²) >= 11 is 0. The van der Waals surface area contributed by atoms with Crippen molar-refractivity contribution in [3.63, 3.8) is 0 Å². The van der Waals surface area contributed by atoms with Crippen LogP contribution in [0.3, 0.4) is 0 Å². The number of unbranched alkanes of at least 4 members (excludes halogenated alkanes) is 3. The molecule has 0 aliphatic carbocycles. The van der Waals surface area contributed by atoms with Crippen LogP contribution in [-0.2, 0) is 13.0 Å². The van der Waals surface area contributed by atoms with Gasteiger partial charge in [-0.15, -0.1) is 0 Å². The SMILES string of the molecule is CC(CCCCCCc1ccccc1)C[n+]1ccccc1. The van der Waals surface area contributed by atoms with Crippen LogP contribution < -0.4 is 4.57 Å². The Balaban J connectivity index is 1.51. The molecular formula is C20H28N+. The van der Waals surface area contributed by atoms with Gasteiger partial charge in [-0.25, -0.2) is 4.57 Å². The standard InChI is InChI=1S/C20H28N/c1-19(18-21-16-10-5-11-17-21)12-6-2-3-7-13-20-14-8-4-9-15-20/h4-5,8-11,14-17,19H,2-3,6-7,12-13,18H2,1H3/q+1. The third-order valence-electron chi connectivity index (χ3n) is 4.05. The highest BCUT2D eigenvalue weighted by Crippen LogP contribution is 2.12. The zero-order chi connectivity index (χ0) is 14.8. The monoisotopic (exact) mass is 282 g/mol. The van der Waals surface area contributed by atoms with Gasteiger partial charge in [0.1, 0.15) is 0 Å². The first kappa shape index (κ1) is 15.8. The van der Waals surface area contributed by atoms with Crippen molar-refractivity contribution in [2.45, 2.75) is 52.0 Å². The number of nitrogens with zero attached hydrogens (tertiary/aromatic N) is 1. The molecule has 0 saturated carbocycles. The first-order valence-electron chi connectivity index (χ1n) is 8.32. The van der Waals surface area contributed by atoms with E-state index >= 15 is 0 Å². The van der Waals surface area contributed by atoms with Crippen LogP contribution >= 0.6 is 0 Å². The predicted molar refractivity (Wildman–Crippen MR) is 89.0 cm³/mol. The number of benzene rings is 1. The van der Waals surface area contributed by atoms with Gasteiger partial charge < -0.3 is 0 Å². The number of hydrogen-bond donors (Lipinski definition) is 0. The number of aromatic nitrogens is 1. The third-order valence-corrected chi connectivity index (χ3v) is 4.05. The smallest absolute Gasteiger partial charge is 0.168 e. The van der Waals surface area contributed by atoms with Gasteiger partial charge >= 0.3 is 0 Å². The fourth-order valence-corrected chi connectivity index (χ4v) is 2.83. The molecule has 1 aromatic carbocycles. The lowest BCUT2D eigenvalue weighted by Crippen LogP contribution is -2.35. The van der Waals surface area contributed by atoms with E-state index in [0.29, 0.717) is 0 Å². The molecule has 112 valence electrons. The maximum absolute atomic E-state index is 2.37. The summed E-state index contributed by atoms with van der Waals surface area (Å²) < 4.78 is 2.29. The molecule has 1 unspecified atom stereocenters. The van der Waals surface area contributed by atoms with Crippen molar-refractivity contribution in [3.05, 3.63) is 66.5 Å². The summed E-state index contributed by atoms with van der Waals surface area (Å²) in [4.78, 5) is 0. The van der Waals surface area contributed by atoms with Gasteiger partial charge in [-0.3, -0.25) is 0 Å². The van der Waals surface area contributed by atoms with E-state index in [1.165, 1.54) is 44.1 Å². The van der Waals surface area contributed by atoms with Gasteiger partial charge in [0.15, 0.2) is 18.9 Å². The number of pyridine rings is 1. The maximum Gasteiger partial charge on any atom is 0.168 e. The first-order valence-corrected chi connectivity index (χ1v) is 8.32. The van der Waals surface area contributed by atoms with Crippen LogP contribution in [0.5, 0.6) is 0 Å². The molecule has 21 heavy (non-hydrogen) atoms. The first-order chi connectivity index (χ1) is 10.3. The zero-order valence-corrected chi connectivity index (χ0v) is 13.2. The molecule has 0 spiro atoms. The largest absolute Gasteiger partial charge is 0.205 e. The van der Waals surface area contributed by atoms with Gasteiger partial charge in [-0.1, -0.05) is 62.6 Å². The number of rotatable bonds is 9. The van der Waals surface area contributed by atoms with E-state index in [1.807, 2.05) is 0 Å². The Kier molecular flexibility index (Phi) is 7.00. The van der Waals surface area contributed by atoms with Crippen molar-refractivity contribution in [2.75, 3.05) is 0 Å². The summed E-state index contributed by atoms with van der Waals surface area (Å²) in [7, 11) is 0. The summed E-state index contributed by atoms with van der Waals surface area (Å²) in [5, 5.41) is 0. The minimum absolute atomic E-state index is 0.770. The summed E-state index contributed by atoms with van der Waals surface area (Å²) in [6.45, 7) is 3.51. The van der Waals surface area contributed by atoms with Gasteiger partial charge in [0.2, 0.25) is 0 Å². The van der Waals surface area contributed by atoms with E-state index in [-0.39, 0.29) is 0 Å². The van der Waals surface area contributed by atoms with E-state index < -0.39 is 0 Å². The highest BCUT2D eigenvalue weighted by Gasteiger charge is 2.07. The molecule has 0 saturated heterocycles. The van der Waals surface area contributed by atoms with Gasteiger partial charge in [-0.05, 0) is 24.8 Å². The molecule has 0 aliphatic heterocycles. The Morgan fingerprint density at radius 3 is 2.24 bits per heavy atom. The Morgan fingerprint density at radius 1 is 0.810 bits per heavy atom. The van der Waals surface area contributed by atoms with Crippen LogP contribution in [0.2, 0.25) is 0 Å². The Bertz CT molecular complexity index is 478. The lowest BCUT2D eigenvalue weighted by atomic mass is 10.0. The molecule has 0 bridgehead atoms. The van der Waals surface area contributed by atoms with Gasteiger partial charge in [0.05, 0.1) is 0 Å². The average molecular weight is 282 g/mol. The molecule has 0 aliphatic rings. The summed E-state index contributed by atoms with van der Waals surface area (Å²) in [6, 6.07) is 17.1. The van der Waals surface area contributed by atoms with Crippen LogP contribution in [0.4, 0.5) is 0 Å². The molecule has 1 heterocycles. The molecular weight excluding hydrogens is 254 g/mol. The molecule has 0 radical (unpaired) electrons. The molecule has 0 N–H and O–H groups in total. The highest BCUT2D eigenvalue weighted by molar-refractivity contribution is 5.14. The van der Waals surface area contributed by atoms with E-state index in [0.717, 1.165) is 12.5 Å². The Morgan fingerprint density at radius 2 is 1.48 bits per heavy atom. The summed E-state index contributed by atoms with van der Waals surface area (Å²) in [5.41, 5.74) is 1.48. The van der Waals surface area contributed by atoms with Crippen molar-refractivity contribution in [1.82, 2.24) is 0 Å². The predicted octanol–water partition coefficient (Wildman–Crippen LogP) is 4.80. The summed E-state index contributed by atoms with van der Waals surface area (Å²) in [6.07, 6.45) is 12.3. The fraction of sp³-hybridized carbons (Fsp3) is 0.450. The van der Waals surface area contributed by atoms with Crippen LogP contribution in [0.15, 0.2) is 60.9 Å². The molecule has 0 amide bonds. The molecule has 2 rings (SSSR count). The van der Waals surface area contributed by atoms with E-state index in [1.54, 1.807) is 0 Å². The topological polar surface area (TPSA) is 3.88 Å². The maximum atomic E-state index is 2.37. The Hall–Kier alpha value is -1.63. The minimum Gasteiger partial charge on any atom is -0.205 e. The van der Waals surface area contributed by atoms with Crippen molar-refractivity contribution < 1.29 is 4.57 Å². The summed E-state index contributed by atoms with van der Waals surface area (Å²) in [5.74, 6) is 0.770. The third kappa shape index (κ3) is 6.57. The van der Waals surface area contributed by atoms with Gasteiger partial charge in [0.25, 0.3) is 0 Å². The second-order valence-electron chi connectivity index (χ2n) is 6.12. The van der Waals surface area contributed by atoms with Crippen molar-refractivity contribution in [3.8, 4) is 0 Å². The lowest BCUT2D eigenvalue weighted by molar-refractivity contribution is -0.703. The molecule has 1 nitrogen and oxygen atoms in total. The van der Waals surface area contributed by atoms with Crippen molar-refractivity contribution in [2.24, 2.45) is 5.92 Å².